The van der Waals surface area contributed by atoms with Gasteiger partial charge in [0, 0.05) is 42.0 Å². The molecule has 0 unspecified atom stereocenters. The van der Waals surface area contributed by atoms with Crippen LogP contribution in [0, 0.1) is 6.92 Å². The molecule has 0 spiro atoms. The average molecular weight is 267 g/mol. The maximum Gasteiger partial charge on any atom is 0.156 e. The van der Waals surface area contributed by atoms with Crippen molar-refractivity contribution in [3.63, 3.8) is 0 Å². The van der Waals surface area contributed by atoms with Crippen LogP contribution in [0.25, 0.3) is 16.9 Å². The Hall–Kier alpha value is -2.56. The van der Waals surface area contributed by atoms with Gasteiger partial charge in [-0.1, -0.05) is 19.9 Å². The Morgan fingerprint density at radius 2 is 1.85 bits per heavy atom. The van der Waals surface area contributed by atoms with Crippen LogP contribution in [0.1, 0.15) is 19.7 Å². The highest BCUT2D eigenvalue weighted by atomic mass is 15.3. The van der Waals surface area contributed by atoms with Gasteiger partial charge in [-0.25, -0.2) is 14.6 Å². The van der Waals surface area contributed by atoms with Crippen molar-refractivity contribution in [1.82, 2.24) is 24.7 Å². The summed E-state index contributed by atoms with van der Waals surface area (Å²) in [5.74, 6) is 1.49. The van der Waals surface area contributed by atoms with E-state index in [1.807, 2.05) is 51.4 Å². The molecule has 102 valence electrons. The standard InChI is InChI=1S/C13H11N5.C2H6/c1-10-15-6-4-13(17-10)18-9-12(8-16-18)11-3-2-5-14-7-11;1-2/h2-9H,1H3;1-2H3. The zero-order valence-electron chi connectivity index (χ0n) is 11.9. The summed E-state index contributed by atoms with van der Waals surface area (Å²) in [5, 5.41) is 4.30. The van der Waals surface area contributed by atoms with Crippen LogP contribution in [0.2, 0.25) is 0 Å². The van der Waals surface area contributed by atoms with Gasteiger partial charge in [0.05, 0.1) is 6.20 Å². The van der Waals surface area contributed by atoms with E-state index in [1.54, 1.807) is 23.3 Å². The normalized spacial score (nSPS) is 9.75. The highest BCUT2D eigenvalue weighted by Gasteiger charge is 2.04. The van der Waals surface area contributed by atoms with Gasteiger partial charge in [-0.05, 0) is 13.0 Å². The number of aromatic nitrogens is 5. The first-order valence-corrected chi connectivity index (χ1v) is 6.58. The largest absolute Gasteiger partial charge is 0.264 e. The van der Waals surface area contributed by atoms with Crippen molar-refractivity contribution in [2.75, 3.05) is 0 Å². The smallest absolute Gasteiger partial charge is 0.156 e. The van der Waals surface area contributed by atoms with Crippen LogP contribution < -0.4 is 0 Å². The summed E-state index contributed by atoms with van der Waals surface area (Å²) in [7, 11) is 0. The lowest BCUT2D eigenvalue weighted by atomic mass is 10.2. The molecule has 0 amide bonds. The molecule has 0 aliphatic rings. The highest BCUT2D eigenvalue weighted by molar-refractivity contribution is 5.60. The molecule has 3 rings (SSSR count). The zero-order valence-corrected chi connectivity index (χ0v) is 11.9. The van der Waals surface area contributed by atoms with E-state index in [0.29, 0.717) is 0 Å². The Morgan fingerprint density at radius 3 is 2.55 bits per heavy atom. The van der Waals surface area contributed by atoms with Gasteiger partial charge in [0.15, 0.2) is 5.82 Å². The van der Waals surface area contributed by atoms with Gasteiger partial charge >= 0.3 is 0 Å². The van der Waals surface area contributed by atoms with Crippen molar-refractivity contribution in [2.24, 2.45) is 0 Å². The second-order valence-electron chi connectivity index (χ2n) is 3.88. The van der Waals surface area contributed by atoms with Gasteiger partial charge in [-0.2, -0.15) is 5.10 Å². The molecule has 20 heavy (non-hydrogen) atoms. The van der Waals surface area contributed by atoms with E-state index in [1.165, 1.54) is 0 Å². The van der Waals surface area contributed by atoms with E-state index in [4.69, 9.17) is 0 Å². The van der Waals surface area contributed by atoms with E-state index in [0.717, 1.165) is 22.8 Å². The third-order valence-electron chi connectivity index (χ3n) is 2.57. The molecule has 3 aromatic rings. The van der Waals surface area contributed by atoms with Gasteiger partial charge in [-0.3, -0.25) is 4.98 Å². The van der Waals surface area contributed by atoms with Crippen LogP contribution in [0.3, 0.4) is 0 Å². The molecule has 0 saturated heterocycles. The molecule has 0 atom stereocenters. The van der Waals surface area contributed by atoms with Gasteiger partial charge in [0.1, 0.15) is 5.82 Å². The lowest BCUT2D eigenvalue weighted by molar-refractivity contribution is 0.828. The van der Waals surface area contributed by atoms with Crippen LogP contribution >= 0.6 is 0 Å². The van der Waals surface area contributed by atoms with Gasteiger partial charge in [0.2, 0.25) is 0 Å². The van der Waals surface area contributed by atoms with Gasteiger partial charge in [-0.15, -0.1) is 0 Å². The number of nitrogens with zero attached hydrogens (tertiary/aromatic N) is 5. The summed E-state index contributed by atoms with van der Waals surface area (Å²) in [5.41, 5.74) is 2.05. The Kier molecular flexibility index (Phi) is 4.55. The summed E-state index contributed by atoms with van der Waals surface area (Å²) in [6.07, 6.45) is 9.02. The van der Waals surface area contributed by atoms with E-state index in [2.05, 4.69) is 20.1 Å². The predicted octanol–water partition coefficient (Wildman–Crippen LogP) is 3.06. The Bertz CT molecular complexity index is 661. The number of hydrogen-bond donors (Lipinski definition) is 0. The average Bonchev–Trinajstić information content (AvgIpc) is 3.00. The van der Waals surface area contributed by atoms with Crippen molar-refractivity contribution >= 4 is 0 Å². The molecule has 0 saturated carbocycles. The van der Waals surface area contributed by atoms with E-state index in [9.17, 15) is 0 Å². The Balaban J connectivity index is 0.000000704. The topological polar surface area (TPSA) is 56.5 Å². The van der Waals surface area contributed by atoms with E-state index in [-0.39, 0.29) is 0 Å². The molecular weight excluding hydrogens is 250 g/mol. The summed E-state index contributed by atoms with van der Waals surface area (Å²) < 4.78 is 1.73. The molecule has 5 heteroatoms. The fraction of sp³-hybridized carbons (Fsp3) is 0.200. The lowest BCUT2D eigenvalue weighted by Gasteiger charge is -1.99. The van der Waals surface area contributed by atoms with Crippen molar-refractivity contribution in [3.8, 4) is 16.9 Å². The predicted molar refractivity (Wildman–Crippen MR) is 78.5 cm³/mol. The fourth-order valence-electron chi connectivity index (χ4n) is 1.70. The third-order valence-corrected chi connectivity index (χ3v) is 2.57. The second-order valence-corrected chi connectivity index (χ2v) is 3.88. The van der Waals surface area contributed by atoms with Crippen LogP contribution in [0.5, 0.6) is 0 Å². The Morgan fingerprint density at radius 1 is 1.00 bits per heavy atom. The minimum absolute atomic E-state index is 0.728. The van der Waals surface area contributed by atoms with E-state index >= 15 is 0 Å². The minimum Gasteiger partial charge on any atom is -0.264 e. The number of pyridine rings is 1. The molecule has 0 bridgehead atoms. The number of rotatable bonds is 2. The Labute approximate surface area is 118 Å². The first-order chi connectivity index (χ1) is 9.83. The molecule has 0 radical (unpaired) electrons. The van der Waals surface area contributed by atoms with Crippen molar-refractivity contribution in [3.05, 3.63) is 55.0 Å². The monoisotopic (exact) mass is 267 g/mol. The van der Waals surface area contributed by atoms with Crippen LogP contribution in [0.15, 0.2) is 49.2 Å². The van der Waals surface area contributed by atoms with Crippen LogP contribution in [-0.2, 0) is 0 Å². The van der Waals surface area contributed by atoms with Crippen molar-refractivity contribution in [2.45, 2.75) is 20.8 Å². The molecule has 0 aromatic carbocycles. The van der Waals surface area contributed by atoms with Crippen LogP contribution in [-0.4, -0.2) is 24.7 Å². The molecule has 3 heterocycles. The third kappa shape index (κ3) is 3.06. The molecule has 0 aliphatic carbocycles. The zero-order chi connectivity index (χ0) is 14.4. The highest BCUT2D eigenvalue weighted by Crippen LogP contribution is 2.17. The molecule has 0 N–H and O–H groups in total. The van der Waals surface area contributed by atoms with Gasteiger partial charge in [0.25, 0.3) is 0 Å². The van der Waals surface area contributed by atoms with Crippen molar-refractivity contribution < 1.29 is 0 Å². The first kappa shape index (κ1) is 13.9. The maximum atomic E-state index is 4.32. The molecule has 3 aromatic heterocycles. The van der Waals surface area contributed by atoms with Crippen molar-refractivity contribution in [1.29, 1.82) is 0 Å². The molecule has 5 nitrogen and oxygen atoms in total. The minimum atomic E-state index is 0.728. The first-order valence-electron chi connectivity index (χ1n) is 6.58. The second kappa shape index (κ2) is 6.56. The number of hydrogen-bond acceptors (Lipinski definition) is 4. The molecule has 0 fully saturated rings. The fourth-order valence-corrected chi connectivity index (χ4v) is 1.70. The quantitative estimate of drug-likeness (QED) is 0.716. The summed E-state index contributed by atoms with van der Waals surface area (Å²) in [6.45, 7) is 5.86. The van der Waals surface area contributed by atoms with Crippen LogP contribution in [0.4, 0.5) is 0 Å². The van der Waals surface area contributed by atoms with Gasteiger partial charge < -0.3 is 0 Å². The number of aryl methyl sites for hydroxylation is 1. The maximum absolute atomic E-state index is 4.32. The summed E-state index contributed by atoms with van der Waals surface area (Å²) >= 11 is 0. The van der Waals surface area contributed by atoms with E-state index < -0.39 is 0 Å². The molecule has 0 aliphatic heterocycles. The summed E-state index contributed by atoms with van der Waals surface area (Å²) in [6, 6.07) is 5.73. The SMILES string of the molecule is CC.Cc1nccc(-n2cc(-c3cccnc3)cn2)n1. The molecular formula is C15H17N5. The lowest BCUT2D eigenvalue weighted by Crippen LogP contribution is -1.99. The summed E-state index contributed by atoms with van der Waals surface area (Å²) in [4.78, 5) is 12.5.